The van der Waals surface area contributed by atoms with E-state index >= 15 is 0 Å². The Morgan fingerprint density at radius 1 is 1.58 bits per heavy atom. The zero-order chi connectivity index (χ0) is 13.7. The van der Waals surface area contributed by atoms with Gasteiger partial charge in [0.25, 0.3) is 0 Å². The number of pyridine rings is 1. The van der Waals surface area contributed by atoms with Gasteiger partial charge in [0, 0.05) is 32.2 Å². The fourth-order valence-corrected chi connectivity index (χ4v) is 2.35. The summed E-state index contributed by atoms with van der Waals surface area (Å²) in [6, 6.07) is 3.76. The molecular weight excluding hydrogens is 242 g/mol. The minimum Gasteiger partial charge on any atom is -0.381 e. The van der Waals surface area contributed by atoms with Crippen molar-refractivity contribution >= 4 is 5.91 Å². The summed E-state index contributed by atoms with van der Waals surface area (Å²) >= 11 is 0. The van der Waals surface area contributed by atoms with Gasteiger partial charge in [0.2, 0.25) is 5.91 Å². The lowest BCUT2D eigenvalue weighted by Crippen LogP contribution is -2.49. The Hall–Kier alpha value is -1.46. The van der Waals surface area contributed by atoms with Gasteiger partial charge in [0.05, 0.1) is 11.5 Å². The van der Waals surface area contributed by atoms with Crippen molar-refractivity contribution in [1.29, 1.82) is 0 Å². The summed E-state index contributed by atoms with van der Waals surface area (Å²) in [7, 11) is 0. The molecule has 5 heteroatoms. The highest BCUT2D eigenvalue weighted by atomic mass is 16.5. The SMILES string of the molecule is C[C@H](NC(=O)C1(CN)CCOCC1)c1cccnc1. The van der Waals surface area contributed by atoms with Gasteiger partial charge in [-0.25, -0.2) is 0 Å². The Bertz CT molecular complexity index is 416. The topological polar surface area (TPSA) is 77.2 Å². The number of nitrogens with one attached hydrogen (secondary N) is 1. The van der Waals surface area contributed by atoms with Crippen molar-refractivity contribution in [3.8, 4) is 0 Å². The summed E-state index contributed by atoms with van der Waals surface area (Å²) in [5.41, 5.74) is 6.34. The molecule has 1 amide bonds. The van der Waals surface area contributed by atoms with Crippen molar-refractivity contribution in [2.75, 3.05) is 19.8 Å². The summed E-state index contributed by atoms with van der Waals surface area (Å²) in [5.74, 6) is 0.0228. The van der Waals surface area contributed by atoms with Crippen LogP contribution < -0.4 is 11.1 Å². The molecule has 5 nitrogen and oxygen atoms in total. The molecule has 2 rings (SSSR count). The molecule has 0 radical (unpaired) electrons. The highest BCUT2D eigenvalue weighted by molar-refractivity contribution is 5.83. The van der Waals surface area contributed by atoms with Gasteiger partial charge in [-0.05, 0) is 31.4 Å². The number of hydrogen-bond donors (Lipinski definition) is 2. The lowest BCUT2D eigenvalue weighted by molar-refractivity contribution is -0.136. The van der Waals surface area contributed by atoms with Gasteiger partial charge >= 0.3 is 0 Å². The van der Waals surface area contributed by atoms with Crippen molar-refractivity contribution in [2.24, 2.45) is 11.1 Å². The molecule has 1 aromatic heterocycles. The number of nitrogens with two attached hydrogens (primary N) is 1. The minimum absolute atomic E-state index is 0.0228. The Morgan fingerprint density at radius 2 is 2.32 bits per heavy atom. The van der Waals surface area contributed by atoms with E-state index in [4.69, 9.17) is 10.5 Å². The third-order valence-electron chi connectivity index (χ3n) is 3.85. The largest absolute Gasteiger partial charge is 0.381 e. The van der Waals surface area contributed by atoms with Crippen LogP contribution in [0.25, 0.3) is 0 Å². The number of aromatic nitrogens is 1. The Labute approximate surface area is 113 Å². The van der Waals surface area contributed by atoms with Gasteiger partial charge in [-0.15, -0.1) is 0 Å². The van der Waals surface area contributed by atoms with E-state index in [1.54, 1.807) is 12.4 Å². The van der Waals surface area contributed by atoms with Gasteiger partial charge in [0.15, 0.2) is 0 Å². The monoisotopic (exact) mass is 263 g/mol. The standard InChI is InChI=1S/C14H21N3O2/c1-11(12-3-2-6-16-9-12)17-13(18)14(10-15)4-7-19-8-5-14/h2-3,6,9,11H,4-5,7-8,10,15H2,1H3,(H,17,18)/t11-/m0/s1. The normalized spacial score (nSPS) is 19.7. The van der Waals surface area contributed by atoms with Crippen molar-refractivity contribution in [3.63, 3.8) is 0 Å². The quantitative estimate of drug-likeness (QED) is 0.850. The number of carbonyl (C=O) groups is 1. The molecule has 3 N–H and O–H groups in total. The first-order chi connectivity index (χ1) is 9.18. The smallest absolute Gasteiger partial charge is 0.228 e. The first-order valence-corrected chi connectivity index (χ1v) is 6.67. The summed E-state index contributed by atoms with van der Waals surface area (Å²) in [6.07, 6.45) is 4.87. The van der Waals surface area contributed by atoms with E-state index in [2.05, 4.69) is 10.3 Å². The zero-order valence-corrected chi connectivity index (χ0v) is 11.3. The van der Waals surface area contributed by atoms with Crippen LogP contribution in [0.2, 0.25) is 0 Å². The van der Waals surface area contributed by atoms with E-state index < -0.39 is 5.41 Å². The molecule has 1 atom stereocenters. The van der Waals surface area contributed by atoms with Gasteiger partial charge in [0.1, 0.15) is 0 Å². The molecule has 0 aromatic carbocycles. The Balaban J connectivity index is 2.03. The van der Waals surface area contributed by atoms with Crippen LogP contribution in [0.5, 0.6) is 0 Å². The average Bonchev–Trinajstić information content (AvgIpc) is 2.48. The van der Waals surface area contributed by atoms with E-state index in [0.717, 1.165) is 5.56 Å². The van der Waals surface area contributed by atoms with E-state index in [9.17, 15) is 4.79 Å². The summed E-state index contributed by atoms with van der Waals surface area (Å²) in [6.45, 7) is 3.53. The van der Waals surface area contributed by atoms with Crippen molar-refractivity contribution < 1.29 is 9.53 Å². The molecule has 1 fully saturated rings. The van der Waals surface area contributed by atoms with Crippen LogP contribution in [-0.4, -0.2) is 30.6 Å². The second-order valence-electron chi connectivity index (χ2n) is 5.08. The maximum absolute atomic E-state index is 12.5. The number of hydrogen-bond acceptors (Lipinski definition) is 4. The minimum atomic E-state index is -0.477. The van der Waals surface area contributed by atoms with Crippen LogP contribution in [0.3, 0.4) is 0 Å². The van der Waals surface area contributed by atoms with Gasteiger partial charge < -0.3 is 15.8 Å². The van der Waals surface area contributed by atoms with Crippen molar-refractivity contribution in [2.45, 2.75) is 25.8 Å². The Morgan fingerprint density at radius 3 is 2.89 bits per heavy atom. The van der Waals surface area contributed by atoms with E-state index in [1.165, 1.54) is 0 Å². The fraction of sp³-hybridized carbons (Fsp3) is 0.571. The summed E-state index contributed by atoms with van der Waals surface area (Å²) < 4.78 is 5.32. The van der Waals surface area contributed by atoms with E-state index in [0.29, 0.717) is 32.6 Å². The maximum atomic E-state index is 12.5. The molecule has 1 aromatic rings. The first-order valence-electron chi connectivity index (χ1n) is 6.67. The predicted molar refractivity (Wildman–Crippen MR) is 72.3 cm³/mol. The number of rotatable bonds is 4. The maximum Gasteiger partial charge on any atom is 0.228 e. The van der Waals surface area contributed by atoms with E-state index in [-0.39, 0.29) is 11.9 Å². The predicted octanol–water partition coefficient (Wildman–Crippen LogP) is 1.01. The highest BCUT2D eigenvalue weighted by Gasteiger charge is 2.39. The third kappa shape index (κ3) is 3.11. The van der Waals surface area contributed by atoms with Crippen molar-refractivity contribution in [3.05, 3.63) is 30.1 Å². The zero-order valence-electron chi connectivity index (χ0n) is 11.3. The molecule has 2 heterocycles. The number of amides is 1. The third-order valence-corrected chi connectivity index (χ3v) is 3.85. The molecule has 19 heavy (non-hydrogen) atoms. The van der Waals surface area contributed by atoms with Crippen LogP contribution >= 0.6 is 0 Å². The molecule has 1 aliphatic rings. The Kier molecular flexibility index (Phi) is 4.50. The summed E-state index contributed by atoms with van der Waals surface area (Å²) in [4.78, 5) is 16.5. The number of ether oxygens (including phenoxy) is 1. The molecule has 0 spiro atoms. The molecule has 1 saturated heterocycles. The lowest BCUT2D eigenvalue weighted by Gasteiger charge is -2.35. The average molecular weight is 263 g/mol. The molecule has 0 aliphatic carbocycles. The van der Waals surface area contributed by atoms with E-state index in [1.807, 2.05) is 19.1 Å². The second-order valence-corrected chi connectivity index (χ2v) is 5.08. The lowest BCUT2D eigenvalue weighted by atomic mass is 9.79. The highest BCUT2D eigenvalue weighted by Crippen LogP contribution is 2.30. The van der Waals surface area contributed by atoms with Crippen molar-refractivity contribution in [1.82, 2.24) is 10.3 Å². The molecular formula is C14H21N3O2. The fourth-order valence-electron chi connectivity index (χ4n) is 2.35. The molecule has 0 saturated carbocycles. The number of nitrogens with zero attached hydrogens (tertiary/aromatic N) is 1. The van der Waals surface area contributed by atoms with Crippen LogP contribution in [-0.2, 0) is 9.53 Å². The van der Waals surface area contributed by atoms with Gasteiger partial charge in [-0.2, -0.15) is 0 Å². The van der Waals surface area contributed by atoms with Crippen LogP contribution in [0.1, 0.15) is 31.4 Å². The van der Waals surface area contributed by atoms with Crippen LogP contribution in [0, 0.1) is 5.41 Å². The molecule has 104 valence electrons. The first kappa shape index (κ1) is 14.0. The molecule has 0 bridgehead atoms. The number of carbonyl (C=O) groups excluding carboxylic acids is 1. The van der Waals surface area contributed by atoms with Crippen LogP contribution in [0.4, 0.5) is 0 Å². The second kappa shape index (κ2) is 6.12. The van der Waals surface area contributed by atoms with Crippen LogP contribution in [0.15, 0.2) is 24.5 Å². The molecule has 1 aliphatic heterocycles. The van der Waals surface area contributed by atoms with Gasteiger partial charge in [-0.3, -0.25) is 9.78 Å². The van der Waals surface area contributed by atoms with Gasteiger partial charge in [-0.1, -0.05) is 6.07 Å². The molecule has 0 unspecified atom stereocenters. The summed E-state index contributed by atoms with van der Waals surface area (Å²) in [5, 5.41) is 3.04.